The molecular weight excluding hydrogens is 448 g/mol. The van der Waals surface area contributed by atoms with E-state index in [2.05, 4.69) is 0 Å². The number of hydrogen-bond donors (Lipinski definition) is 3. The molecule has 1 amide bonds. The van der Waals surface area contributed by atoms with E-state index in [-0.39, 0.29) is 31.3 Å². The number of benzene rings is 1. The summed E-state index contributed by atoms with van der Waals surface area (Å²) < 4.78 is 7.05. The van der Waals surface area contributed by atoms with Crippen LogP contribution in [0.3, 0.4) is 0 Å². The minimum atomic E-state index is -0.877. The number of fused-ring (bicyclic) bond motifs is 1. The van der Waals surface area contributed by atoms with Crippen LogP contribution < -0.4 is 11.5 Å². The molecule has 9 heteroatoms. The molecule has 0 radical (unpaired) electrons. The van der Waals surface area contributed by atoms with Crippen LogP contribution in [0.4, 0.5) is 0 Å². The smallest absolute Gasteiger partial charge is 0.323 e. The first-order chi connectivity index (χ1) is 16.3. The zero-order chi connectivity index (χ0) is 26.5. The summed E-state index contributed by atoms with van der Waals surface area (Å²) in [5, 5.41) is 10.4. The van der Waals surface area contributed by atoms with Crippen molar-refractivity contribution in [3.05, 3.63) is 36.0 Å². The summed E-state index contributed by atoms with van der Waals surface area (Å²) in [6.45, 7) is 9.01. The summed E-state index contributed by atoms with van der Waals surface area (Å²) in [7, 11) is 1.61. The minimum absolute atomic E-state index is 0.0828. The Morgan fingerprint density at radius 2 is 1.77 bits per heavy atom. The number of esters is 1. The van der Waals surface area contributed by atoms with Crippen LogP contribution in [0.2, 0.25) is 0 Å². The fourth-order valence-electron chi connectivity index (χ4n) is 4.23. The number of nitrogens with two attached hydrogens (primary N) is 2. The molecule has 0 saturated carbocycles. The second-order valence-corrected chi connectivity index (χ2v) is 10.5. The number of carbonyl (C=O) groups is 3. The molecule has 3 atom stereocenters. The van der Waals surface area contributed by atoms with Crippen LogP contribution in [-0.4, -0.2) is 69.7 Å². The van der Waals surface area contributed by atoms with Gasteiger partial charge in [-0.05, 0) is 64.6 Å². The molecule has 0 spiro atoms. The van der Waals surface area contributed by atoms with Crippen molar-refractivity contribution >= 4 is 28.7 Å². The van der Waals surface area contributed by atoms with E-state index in [0.717, 1.165) is 10.9 Å². The number of ether oxygens (including phenoxy) is 1. The molecule has 1 heterocycles. The van der Waals surface area contributed by atoms with Gasteiger partial charge in [-0.3, -0.25) is 23.9 Å². The van der Waals surface area contributed by atoms with Gasteiger partial charge in [0, 0.05) is 18.2 Å². The van der Waals surface area contributed by atoms with Gasteiger partial charge in [-0.2, -0.15) is 0 Å². The first-order valence-electron chi connectivity index (χ1n) is 12.0. The minimum Gasteiger partial charge on any atom is -0.459 e. The van der Waals surface area contributed by atoms with Crippen LogP contribution in [-0.2, 0) is 20.7 Å². The standard InChI is InChI=1S/C26H40N4O5/c1-16(2)13-19(27)24(33)30-15-17(18-9-7-8-10-20(18)30)14-22(23(28)32)29(6)21(11-12-31)25(34)35-26(3,4)5/h7-10,15-16,19,21-22,31H,11-14,27H2,1-6H3,(H2,28,32)/t19-,21+,22-/m0/s1. The molecule has 2 aromatic rings. The predicted octanol–water partition coefficient (Wildman–Crippen LogP) is 2.08. The fourth-order valence-corrected chi connectivity index (χ4v) is 4.23. The van der Waals surface area contributed by atoms with Gasteiger partial charge in [0.1, 0.15) is 11.6 Å². The summed E-state index contributed by atoms with van der Waals surface area (Å²) in [6.07, 6.45) is 2.49. The van der Waals surface area contributed by atoms with Crippen molar-refractivity contribution in [3.8, 4) is 0 Å². The van der Waals surface area contributed by atoms with E-state index >= 15 is 0 Å². The summed E-state index contributed by atoms with van der Waals surface area (Å²) in [5.74, 6) is -1.13. The Labute approximate surface area is 207 Å². The number of aliphatic hydroxyl groups is 1. The highest BCUT2D eigenvalue weighted by Crippen LogP contribution is 2.25. The summed E-state index contributed by atoms with van der Waals surface area (Å²) in [5.41, 5.74) is 12.6. The maximum absolute atomic E-state index is 13.1. The van der Waals surface area contributed by atoms with Gasteiger partial charge in [0.15, 0.2) is 0 Å². The van der Waals surface area contributed by atoms with Gasteiger partial charge in [-0.25, -0.2) is 0 Å². The van der Waals surface area contributed by atoms with Crippen LogP contribution in [0.5, 0.6) is 0 Å². The van der Waals surface area contributed by atoms with Crippen molar-refractivity contribution in [2.45, 2.75) is 77.6 Å². The van der Waals surface area contributed by atoms with Crippen molar-refractivity contribution in [3.63, 3.8) is 0 Å². The first kappa shape index (κ1) is 28.5. The topological polar surface area (TPSA) is 141 Å². The Balaban J connectivity index is 2.43. The Bertz CT molecular complexity index is 1040. The Morgan fingerprint density at radius 1 is 1.14 bits per heavy atom. The highest BCUT2D eigenvalue weighted by atomic mass is 16.6. The van der Waals surface area contributed by atoms with Crippen LogP contribution in [0.15, 0.2) is 30.5 Å². The molecule has 0 aliphatic rings. The first-order valence-corrected chi connectivity index (χ1v) is 12.0. The maximum atomic E-state index is 13.1. The predicted molar refractivity (Wildman–Crippen MR) is 136 cm³/mol. The molecule has 1 aromatic heterocycles. The highest BCUT2D eigenvalue weighted by Gasteiger charge is 2.35. The van der Waals surface area contributed by atoms with Gasteiger partial charge in [0.25, 0.3) is 0 Å². The lowest BCUT2D eigenvalue weighted by molar-refractivity contribution is -0.162. The molecule has 0 fully saturated rings. The average molecular weight is 489 g/mol. The van der Waals surface area contributed by atoms with Crippen LogP contribution in [0.25, 0.3) is 10.9 Å². The van der Waals surface area contributed by atoms with E-state index in [4.69, 9.17) is 16.2 Å². The lowest BCUT2D eigenvalue weighted by Gasteiger charge is -2.33. The third-order valence-electron chi connectivity index (χ3n) is 5.88. The molecule has 0 aliphatic heterocycles. The molecule has 35 heavy (non-hydrogen) atoms. The highest BCUT2D eigenvalue weighted by molar-refractivity contribution is 5.97. The largest absolute Gasteiger partial charge is 0.459 e. The quantitative estimate of drug-likeness (QED) is 0.411. The molecule has 0 saturated heterocycles. The number of amides is 1. The molecule has 0 bridgehead atoms. The van der Waals surface area contributed by atoms with Crippen molar-refractivity contribution in [1.82, 2.24) is 9.47 Å². The molecule has 9 nitrogen and oxygen atoms in total. The number of primary amides is 1. The van der Waals surface area contributed by atoms with Gasteiger partial charge in [-0.1, -0.05) is 32.0 Å². The summed E-state index contributed by atoms with van der Waals surface area (Å²) >= 11 is 0. The monoisotopic (exact) mass is 488 g/mol. The Kier molecular flexibility index (Phi) is 9.60. The van der Waals surface area contributed by atoms with Gasteiger partial charge in [0.05, 0.1) is 17.6 Å². The lowest BCUT2D eigenvalue weighted by atomic mass is 10.0. The fraction of sp³-hybridized carbons (Fsp3) is 0.577. The molecular formula is C26H40N4O5. The SMILES string of the molecule is CC(C)C[C@H](N)C(=O)n1cc(C[C@@H](C(N)=O)N(C)[C@H](CCO)C(=O)OC(C)(C)C)c2ccccc21. The number of para-hydroxylation sites is 1. The zero-order valence-electron chi connectivity index (χ0n) is 21.7. The van der Waals surface area contributed by atoms with E-state index in [0.29, 0.717) is 11.9 Å². The molecule has 5 N–H and O–H groups in total. The lowest BCUT2D eigenvalue weighted by Crippen LogP contribution is -2.53. The van der Waals surface area contributed by atoms with Gasteiger partial charge in [0.2, 0.25) is 11.8 Å². The van der Waals surface area contributed by atoms with E-state index in [1.165, 1.54) is 4.57 Å². The van der Waals surface area contributed by atoms with Crippen molar-refractivity contribution in [2.24, 2.45) is 17.4 Å². The third-order valence-corrected chi connectivity index (χ3v) is 5.88. The normalized spacial score (nSPS) is 14.8. The van der Waals surface area contributed by atoms with E-state index < -0.39 is 35.6 Å². The van der Waals surface area contributed by atoms with Gasteiger partial charge in [-0.15, -0.1) is 0 Å². The van der Waals surface area contributed by atoms with Crippen LogP contribution in [0, 0.1) is 5.92 Å². The average Bonchev–Trinajstić information content (AvgIpc) is 3.11. The number of nitrogens with zero attached hydrogens (tertiary/aromatic N) is 2. The van der Waals surface area contributed by atoms with Crippen molar-refractivity contribution in [1.29, 1.82) is 0 Å². The van der Waals surface area contributed by atoms with E-state index in [1.807, 2.05) is 38.1 Å². The Hall–Kier alpha value is -2.75. The second kappa shape index (κ2) is 11.8. The third kappa shape index (κ3) is 7.37. The van der Waals surface area contributed by atoms with Crippen LogP contribution >= 0.6 is 0 Å². The summed E-state index contributed by atoms with van der Waals surface area (Å²) in [6, 6.07) is 4.99. The summed E-state index contributed by atoms with van der Waals surface area (Å²) in [4.78, 5) is 40.1. The zero-order valence-corrected chi connectivity index (χ0v) is 21.7. The molecule has 0 unspecified atom stereocenters. The molecule has 194 valence electrons. The van der Waals surface area contributed by atoms with Crippen LogP contribution in [0.1, 0.15) is 57.8 Å². The second-order valence-electron chi connectivity index (χ2n) is 10.5. The molecule has 1 aromatic carbocycles. The number of aromatic nitrogens is 1. The van der Waals surface area contributed by atoms with Crippen molar-refractivity contribution in [2.75, 3.05) is 13.7 Å². The number of aliphatic hydroxyl groups excluding tert-OH is 1. The van der Waals surface area contributed by atoms with Gasteiger partial charge < -0.3 is 21.3 Å². The molecule has 2 rings (SSSR count). The number of rotatable bonds is 11. The van der Waals surface area contributed by atoms with Gasteiger partial charge >= 0.3 is 5.97 Å². The number of carbonyl (C=O) groups excluding carboxylic acids is 3. The van der Waals surface area contributed by atoms with E-state index in [9.17, 15) is 19.5 Å². The number of likely N-dealkylation sites (N-methyl/N-ethyl adjacent to an activating group) is 1. The van der Waals surface area contributed by atoms with Crippen molar-refractivity contribution < 1.29 is 24.2 Å². The number of hydrogen-bond acceptors (Lipinski definition) is 7. The Morgan fingerprint density at radius 3 is 2.31 bits per heavy atom. The maximum Gasteiger partial charge on any atom is 0.323 e. The van der Waals surface area contributed by atoms with E-state index in [1.54, 1.807) is 38.9 Å². The molecule has 0 aliphatic carbocycles.